The van der Waals surface area contributed by atoms with Gasteiger partial charge in [-0.2, -0.15) is 4.31 Å². The molecule has 0 aliphatic carbocycles. The number of rotatable bonds is 5. The summed E-state index contributed by atoms with van der Waals surface area (Å²) >= 11 is 1.20. The summed E-state index contributed by atoms with van der Waals surface area (Å²) in [4.78, 5) is 13.4. The van der Waals surface area contributed by atoms with E-state index in [2.05, 4.69) is 5.32 Å². The quantitative estimate of drug-likeness (QED) is 0.779. The number of nitrogens with one attached hydrogen (secondary N) is 1. The molecule has 4 rings (SSSR count). The third-order valence-electron chi connectivity index (χ3n) is 5.08. The van der Waals surface area contributed by atoms with Crippen molar-refractivity contribution in [1.82, 2.24) is 9.62 Å². The standard InChI is InChI=1S/C20H24N2O5S2/c1-14-19(27-17-8-4-3-7-16(17)26-14)20(23)21-13-15-9-10-18(28-15)29(24,25)22-11-5-2-6-12-22/h3-4,7-10,14,19H,2,5-6,11-13H2,1H3,(H,21,23). The van der Waals surface area contributed by atoms with Crippen LogP contribution < -0.4 is 14.8 Å². The Morgan fingerprint density at radius 1 is 1.10 bits per heavy atom. The van der Waals surface area contributed by atoms with Crippen LogP contribution in [0, 0.1) is 0 Å². The summed E-state index contributed by atoms with van der Waals surface area (Å²) in [7, 11) is -3.45. The molecule has 2 aliphatic heterocycles. The maximum absolute atomic E-state index is 12.8. The van der Waals surface area contributed by atoms with E-state index in [1.807, 2.05) is 12.1 Å². The lowest BCUT2D eigenvalue weighted by Crippen LogP contribution is -2.48. The molecular weight excluding hydrogens is 412 g/mol. The Bertz CT molecular complexity index is 982. The van der Waals surface area contributed by atoms with Crippen LogP contribution in [-0.4, -0.2) is 43.9 Å². The summed E-state index contributed by atoms with van der Waals surface area (Å²) in [6.07, 6.45) is 1.69. The number of para-hydroxylation sites is 2. The molecule has 7 nitrogen and oxygen atoms in total. The molecule has 1 amide bonds. The summed E-state index contributed by atoms with van der Waals surface area (Å²) in [6.45, 7) is 3.18. The van der Waals surface area contributed by atoms with E-state index in [0.717, 1.165) is 24.1 Å². The summed E-state index contributed by atoms with van der Waals surface area (Å²) in [5, 5.41) is 2.83. The van der Waals surface area contributed by atoms with Crippen molar-refractivity contribution in [3.8, 4) is 11.5 Å². The van der Waals surface area contributed by atoms with Crippen LogP contribution >= 0.6 is 11.3 Å². The number of carbonyl (C=O) groups excluding carboxylic acids is 1. The van der Waals surface area contributed by atoms with Gasteiger partial charge in [-0.05, 0) is 44.0 Å². The largest absolute Gasteiger partial charge is 0.482 e. The molecule has 1 saturated heterocycles. The van der Waals surface area contributed by atoms with Crippen molar-refractivity contribution < 1.29 is 22.7 Å². The fourth-order valence-corrected chi connectivity index (χ4v) is 6.47. The minimum Gasteiger partial charge on any atom is -0.482 e. The molecule has 1 N–H and O–H groups in total. The summed E-state index contributed by atoms with van der Waals surface area (Å²) < 4.78 is 39.0. The number of benzene rings is 1. The Balaban J connectivity index is 1.38. The highest BCUT2D eigenvalue weighted by atomic mass is 32.2. The van der Waals surface area contributed by atoms with E-state index in [1.54, 1.807) is 35.5 Å². The van der Waals surface area contributed by atoms with Gasteiger partial charge in [-0.15, -0.1) is 11.3 Å². The highest BCUT2D eigenvalue weighted by molar-refractivity contribution is 7.91. The average Bonchev–Trinajstić information content (AvgIpc) is 3.22. The van der Waals surface area contributed by atoms with Gasteiger partial charge in [0.05, 0.1) is 6.54 Å². The van der Waals surface area contributed by atoms with Crippen molar-refractivity contribution >= 4 is 27.3 Å². The van der Waals surface area contributed by atoms with Crippen molar-refractivity contribution in [1.29, 1.82) is 0 Å². The number of sulfonamides is 1. The molecule has 9 heteroatoms. The summed E-state index contributed by atoms with van der Waals surface area (Å²) in [5.74, 6) is 0.868. The molecule has 156 valence electrons. The lowest BCUT2D eigenvalue weighted by atomic mass is 10.1. The molecule has 0 saturated carbocycles. The smallest absolute Gasteiger partial charge is 0.265 e. The first kappa shape index (κ1) is 20.2. The molecule has 2 aromatic rings. The van der Waals surface area contributed by atoms with Crippen molar-refractivity contribution in [2.45, 2.75) is 49.1 Å². The molecule has 29 heavy (non-hydrogen) atoms. The van der Waals surface area contributed by atoms with E-state index < -0.39 is 22.2 Å². The van der Waals surface area contributed by atoms with Gasteiger partial charge >= 0.3 is 0 Å². The molecule has 1 aromatic carbocycles. The molecule has 0 spiro atoms. The summed E-state index contributed by atoms with van der Waals surface area (Å²) in [5.41, 5.74) is 0. The highest BCUT2D eigenvalue weighted by Crippen LogP contribution is 2.33. The molecule has 2 aliphatic rings. The van der Waals surface area contributed by atoms with E-state index in [1.165, 1.54) is 11.3 Å². The lowest BCUT2D eigenvalue weighted by molar-refractivity contribution is -0.133. The van der Waals surface area contributed by atoms with E-state index in [-0.39, 0.29) is 12.5 Å². The van der Waals surface area contributed by atoms with Crippen LogP contribution in [0.5, 0.6) is 11.5 Å². The number of piperidine rings is 1. The van der Waals surface area contributed by atoms with Gasteiger partial charge in [0.25, 0.3) is 15.9 Å². The van der Waals surface area contributed by atoms with Crippen LogP contribution in [0.4, 0.5) is 0 Å². The van der Waals surface area contributed by atoms with Gasteiger partial charge in [0.1, 0.15) is 10.3 Å². The second-order valence-corrected chi connectivity index (χ2v) is 10.5. The van der Waals surface area contributed by atoms with E-state index >= 15 is 0 Å². The van der Waals surface area contributed by atoms with E-state index in [9.17, 15) is 13.2 Å². The molecule has 1 fully saturated rings. The number of hydrogen-bond donors (Lipinski definition) is 1. The number of hydrogen-bond acceptors (Lipinski definition) is 6. The fraction of sp³-hybridized carbons (Fsp3) is 0.450. The second-order valence-electron chi connectivity index (χ2n) is 7.21. The van der Waals surface area contributed by atoms with E-state index in [4.69, 9.17) is 9.47 Å². The van der Waals surface area contributed by atoms with Gasteiger partial charge in [0.2, 0.25) is 6.10 Å². The zero-order chi connectivity index (χ0) is 20.4. The van der Waals surface area contributed by atoms with Gasteiger partial charge < -0.3 is 14.8 Å². The van der Waals surface area contributed by atoms with Crippen LogP contribution in [0.25, 0.3) is 0 Å². The third-order valence-corrected chi connectivity index (χ3v) is 8.54. The van der Waals surface area contributed by atoms with E-state index in [0.29, 0.717) is 28.8 Å². The van der Waals surface area contributed by atoms with Crippen molar-refractivity contribution in [2.24, 2.45) is 0 Å². The van der Waals surface area contributed by atoms with Crippen molar-refractivity contribution in [3.63, 3.8) is 0 Å². The zero-order valence-corrected chi connectivity index (χ0v) is 17.8. The van der Waals surface area contributed by atoms with Crippen LogP contribution in [-0.2, 0) is 21.4 Å². The molecule has 1 aromatic heterocycles. The Hall–Kier alpha value is -2.10. The topological polar surface area (TPSA) is 84.9 Å². The van der Waals surface area contributed by atoms with Crippen molar-refractivity contribution in [2.75, 3.05) is 13.1 Å². The molecule has 0 radical (unpaired) electrons. The molecular formula is C20H24N2O5S2. The fourth-order valence-electron chi connectivity index (χ4n) is 3.51. The SMILES string of the molecule is CC1Oc2ccccc2OC1C(=O)NCc1ccc(S(=O)(=O)N2CCCCC2)s1. The minimum atomic E-state index is -3.45. The lowest BCUT2D eigenvalue weighted by Gasteiger charge is -2.30. The van der Waals surface area contributed by atoms with Gasteiger partial charge in [-0.3, -0.25) is 4.79 Å². The normalized spacial score (nSPS) is 22.2. The molecule has 2 atom stereocenters. The first-order valence-electron chi connectivity index (χ1n) is 9.74. The number of nitrogens with zero attached hydrogens (tertiary/aromatic N) is 1. The first-order chi connectivity index (χ1) is 13.9. The van der Waals surface area contributed by atoms with Crippen molar-refractivity contribution in [3.05, 3.63) is 41.3 Å². The number of carbonyl (C=O) groups is 1. The number of thiophene rings is 1. The van der Waals surface area contributed by atoms with Gasteiger partial charge in [-0.25, -0.2) is 8.42 Å². The van der Waals surface area contributed by atoms with Gasteiger partial charge in [0.15, 0.2) is 11.5 Å². The predicted molar refractivity (Wildman–Crippen MR) is 110 cm³/mol. The maximum Gasteiger partial charge on any atom is 0.265 e. The van der Waals surface area contributed by atoms with Crippen LogP contribution in [0.15, 0.2) is 40.6 Å². The predicted octanol–water partition coefficient (Wildman–Crippen LogP) is 2.77. The maximum atomic E-state index is 12.8. The number of amides is 1. The Morgan fingerprint density at radius 3 is 2.52 bits per heavy atom. The Morgan fingerprint density at radius 2 is 1.79 bits per heavy atom. The zero-order valence-electron chi connectivity index (χ0n) is 16.2. The average molecular weight is 437 g/mol. The first-order valence-corrected chi connectivity index (χ1v) is 12.0. The van der Waals surface area contributed by atoms with Crippen LogP contribution in [0.1, 0.15) is 31.1 Å². The summed E-state index contributed by atoms with van der Waals surface area (Å²) in [6, 6.07) is 10.6. The Labute approximate surface area is 174 Å². The monoisotopic (exact) mass is 436 g/mol. The molecule has 3 heterocycles. The second kappa shape index (κ2) is 8.33. The van der Waals surface area contributed by atoms with Crippen LogP contribution in [0.2, 0.25) is 0 Å². The number of fused-ring (bicyclic) bond motifs is 1. The van der Waals surface area contributed by atoms with Gasteiger partial charge in [-0.1, -0.05) is 18.6 Å². The molecule has 0 bridgehead atoms. The van der Waals surface area contributed by atoms with Gasteiger partial charge in [0, 0.05) is 18.0 Å². The Kier molecular flexibility index (Phi) is 5.80. The number of ether oxygens (including phenoxy) is 2. The molecule has 2 unspecified atom stereocenters. The third kappa shape index (κ3) is 4.26. The van der Waals surface area contributed by atoms with Crippen LogP contribution in [0.3, 0.4) is 0 Å². The highest BCUT2D eigenvalue weighted by Gasteiger charge is 2.34. The minimum absolute atomic E-state index is 0.243.